The summed E-state index contributed by atoms with van der Waals surface area (Å²) in [6.07, 6.45) is 3.94. The number of hydrogen-bond acceptors (Lipinski definition) is 11. The van der Waals surface area contributed by atoms with E-state index in [1.807, 2.05) is 30.3 Å². The largest absolute Gasteiger partial charge is 0.495 e. The monoisotopic (exact) mass is 1040 g/mol. The SMILES string of the molecule is C=CC(=O)NCCN(C(=O)C=C)c1cccc(CS(=O)(=O)c2cc(-c3cccc(C(=O)N(C)C)c3)ccc2OC)c1.COc1ccc(-c2cccc(C(=O)N(C)C)c2)cc1S(=O)(=O)Cc1cccc(CCCN)c1. The topological polar surface area (TPSA) is 203 Å². The van der Waals surface area contributed by atoms with Gasteiger partial charge in [-0.2, -0.15) is 0 Å². The number of sulfone groups is 2. The fourth-order valence-electron chi connectivity index (χ4n) is 7.81. The van der Waals surface area contributed by atoms with E-state index in [-0.39, 0.29) is 57.9 Å². The third-order valence-corrected chi connectivity index (χ3v) is 15.0. The van der Waals surface area contributed by atoms with E-state index in [4.69, 9.17) is 15.2 Å². The minimum Gasteiger partial charge on any atom is -0.495 e. The van der Waals surface area contributed by atoms with Crippen molar-refractivity contribution in [3.05, 3.63) is 187 Å². The van der Waals surface area contributed by atoms with Crippen LogP contribution < -0.4 is 25.4 Å². The number of aryl methyl sites for hydroxylation is 1. The first-order valence-corrected chi connectivity index (χ1v) is 26.7. The molecule has 0 aromatic heterocycles. The van der Waals surface area contributed by atoms with Gasteiger partial charge >= 0.3 is 0 Å². The second kappa shape index (κ2) is 26.2. The van der Waals surface area contributed by atoms with Gasteiger partial charge in [0.1, 0.15) is 21.3 Å². The molecule has 15 nitrogen and oxygen atoms in total. The first kappa shape index (κ1) is 57.0. The van der Waals surface area contributed by atoms with Gasteiger partial charge < -0.3 is 35.2 Å². The average Bonchev–Trinajstić information content (AvgIpc) is 3.40. The Labute approximate surface area is 434 Å². The molecule has 0 saturated carbocycles. The van der Waals surface area contributed by atoms with Crippen molar-refractivity contribution >= 4 is 49.0 Å². The summed E-state index contributed by atoms with van der Waals surface area (Å²) in [5.74, 6) is -1.07. The van der Waals surface area contributed by atoms with Crippen LogP contribution in [0.4, 0.5) is 5.69 Å². The Kier molecular flexibility index (Phi) is 20.2. The Morgan fingerprint density at radius 3 is 1.50 bits per heavy atom. The number of nitrogens with one attached hydrogen (secondary N) is 1. The van der Waals surface area contributed by atoms with Crippen LogP contribution >= 0.6 is 0 Å². The number of ether oxygens (including phenoxy) is 2. The molecule has 0 spiro atoms. The third-order valence-electron chi connectivity index (χ3n) is 11.6. The van der Waals surface area contributed by atoms with E-state index in [1.54, 1.807) is 125 Å². The van der Waals surface area contributed by atoms with Crippen molar-refractivity contribution in [2.24, 2.45) is 5.73 Å². The van der Waals surface area contributed by atoms with Gasteiger partial charge in [0, 0.05) is 58.1 Å². The van der Waals surface area contributed by atoms with Crippen LogP contribution in [-0.4, -0.2) is 112 Å². The molecule has 0 aliphatic heterocycles. The van der Waals surface area contributed by atoms with Crippen LogP contribution in [-0.2, 0) is 47.2 Å². The molecule has 6 aromatic rings. The van der Waals surface area contributed by atoms with Crippen LogP contribution in [0.3, 0.4) is 0 Å². The molecule has 6 rings (SSSR count). The van der Waals surface area contributed by atoms with Gasteiger partial charge in [-0.05, 0) is 131 Å². The predicted molar refractivity (Wildman–Crippen MR) is 291 cm³/mol. The average molecular weight is 1040 g/mol. The highest BCUT2D eigenvalue weighted by molar-refractivity contribution is 7.91. The van der Waals surface area contributed by atoms with Crippen LogP contribution in [0.15, 0.2) is 169 Å². The lowest BCUT2D eigenvalue weighted by Gasteiger charge is -2.22. The van der Waals surface area contributed by atoms with Gasteiger partial charge in [0.05, 0.1) is 25.7 Å². The molecule has 0 unspecified atom stereocenters. The maximum atomic E-state index is 13.7. The molecular formula is C57H63N5O10S2. The second-order valence-electron chi connectivity index (χ2n) is 17.4. The summed E-state index contributed by atoms with van der Waals surface area (Å²) in [5, 5.41) is 2.62. The summed E-state index contributed by atoms with van der Waals surface area (Å²) < 4.78 is 64.9. The molecule has 0 bridgehead atoms. The Morgan fingerprint density at radius 2 is 1.04 bits per heavy atom. The highest BCUT2D eigenvalue weighted by atomic mass is 32.2. The van der Waals surface area contributed by atoms with Crippen molar-refractivity contribution in [1.82, 2.24) is 15.1 Å². The smallest absolute Gasteiger partial charge is 0.253 e. The number of methoxy groups -OCH3 is 2. The Balaban J connectivity index is 0.000000280. The highest BCUT2D eigenvalue weighted by Crippen LogP contribution is 2.35. The lowest BCUT2D eigenvalue weighted by Crippen LogP contribution is -2.37. The quantitative estimate of drug-likeness (QED) is 0.0667. The molecule has 0 heterocycles. The fraction of sp³-hybridized carbons (Fsp3) is 0.228. The molecule has 0 radical (unpaired) electrons. The Morgan fingerprint density at radius 1 is 0.581 bits per heavy atom. The Bertz CT molecular complexity index is 3240. The van der Waals surface area contributed by atoms with E-state index in [0.29, 0.717) is 51.4 Å². The summed E-state index contributed by atoms with van der Waals surface area (Å²) in [7, 11) is 1.96. The number of carbonyl (C=O) groups excluding carboxylic acids is 4. The van der Waals surface area contributed by atoms with Gasteiger partial charge in [0.15, 0.2) is 19.7 Å². The van der Waals surface area contributed by atoms with Crippen LogP contribution in [0.5, 0.6) is 11.5 Å². The Hall–Kier alpha value is -7.86. The maximum absolute atomic E-state index is 13.7. The van der Waals surface area contributed by atoms with Crippen molar-refractivity contribution in [1.29, 1.82) is 0 Å². The van der Waals surface area contributed by atoms with Crippen LogP contribution in [0.1, 0.15) is 43.8 Å². The lowest BCUT2D eigenvalue weighted by atomic mass is 10.0. The number of nitrogens with zero attached hydrogens (tertiary/aromatic N) is 3. The molecule has 0 aliphatic carbocycles. The van der Waals surface area contributed by atoms with Crippen molar-refractivity contribution < 1.29 is 45.5 Å². The zero-order valence-electron chi connectivity index (χ0n) is 42.5. The first-order chi connectivity index (χ1) is 35.2. The molecule has 74 heavy (non-hydrogen) atoms. The summed E-state index contributed by atoms with van der Waals surface area (Å²) in [4.78, 5) is 53.4. The van der Waals surface area contributed by atoms with Crippen LogP contribution in [0, 0.1) is 0 Å². The summed E-state index contributed by atoms with van der Waals surface area (Å²) in [5.41, 5.74) is 12.0. The van der Waals surface area contributed by atoms with Gasteiger partial charge in [-0.25, -0.2) is 16.8 Å². The normalized spacial score (nSPS) is 11.0. The van der Waals surface area contributed by atoms with Gasteiger partial charge in [0.2, 0.25) is 11.8 Å². The summed E-state index contributed by atoms with van der Waals surface area (Å²) in [6, 6.07) is 38.2. The number of benzene rings is 6. The predicted octanol–water partition coefficient (Wildman–Crippen LogP) is 7.79. The van der Waals surface area contributed by atoms with E-state index in [1.165, 1.54) is 35.0 Å². The minimum absolute atomic E-state index is 0.00148. The molecule has 17 heteroatoms. The zero-order valence-corrected chi connectivity index (χ0v) is 44.2. The number of hydrogen-bond donors (Lipinski definition) is 2. The minimum atomic E-state index is -3.92. The number of amides is 4. The van der Waals surface area contributed by atoms with Crippen molar-refractivity contribution in [2.75, 3.05) is 66.9 Å². The molecule has 0 aliphatic rings. The lowest BCUT2D eigenvalue weighted by molar-refractivity contribution is -0.117. The van der Waals surface area contributed by atoms with Gasteiger partial charge in [-0.3, -0.25) is 19.2 Å². The van der Waals surface area contributed by atoms with E-state index >= 15 is 0 Å². The van der Waals surface area contributed by atoms with Crippen molar-refractivity contribution in [3.63, 3.8) is 0 Å². The van der Waals surface area contributed by atoms with E-state index < -0.39 is 25.6 Å². The molecule has 3 N–H and O–H groups in total. The number of carbonyl (C=O) groups is 4. The molecule has 0 saturated heterocycles. The van der Waals surface area contributed by atoms with E-state index in [2.05, 4.69) is 18.5 Å². The number of anilines is 1. The van der Waals surface area contributed by atoms with Crippen molar-refractivity contribution in [2.45, 2.75) is 34.1 Å². The zero-order chi connectivity index (χ0) is 54.2. The van der Waals surface area contributed by atoms with E-state index in [9.17, 15) is 36.0 Å². The molecule has 0 atom stereocenters. The first-order valence-electron chi connectivity index (χ1n) is 23.4. The molecular weight excluding hydrogens is 979 g/mol. The summed E-state index contributed by atoms with van der Waals surface area (Å²) in [6.45, 7) is 7.84. The maximum Gasteiger partial charge on any atom is 0.253 e. The molecule has 4 amide bonds. The van der Waals surface area contributed by atoms with Crippen molar-refractivity contribution in [3.8, 4) is 33.8 Å². The number of nitrogens with two attached hydrogens (primary N) is 1. The van der Waals surface area contributed by atoms with Gasteiger partial charge in [-0.1, -0.05) is 86.0 Å². The molecule has 6 aromatic carbocycles. The molecule has 0 fully saturated rings. The van der Waals surface area contributed by atoms with Crippen LogP contribution in [0.25, 0.3) is 22.3 Å². The highest BCUT2D eigenvalue weighted by Gasteiger charge is 2.25. The molecule has 388 valence electrons. The number of rotatable bonds is 21. The van der Waals surface area contributed by atoms with Gasteiger partial charge in [-0.15, -0.1) is 0 Å². The van der Waals surface area contributed by atoms with Gasteiger partial charge in [0.25, 0.3) is 11.8 Å². The third kappa shape index (κ3) is 15.1. The second-order valence-corrected chi connectivity index (χ2v) is 21.3. The summed E-state index contributed by atoms with van der Waals surface area (Å²) >= 11 is 0. The van der Waals surface area contributed by atoms with Crippen LogP contribution in [0.2, 0.25) is 0 Å². The fourth-order valence-corrected chi connectivity index (χ4v) is 10.9. The van der Waals surface area contributed by atoms with E-state index in [0.717, 1.165) is 41.7 Å². The standard InChI is InChI=1S/C31H33N3O6S.C26H30N2O4S/c1-6-29(35)32-16-17-34(30(36)7-2)26-13-8-10-22(18-26)21-41(38,39)28-20-24(14-15-27(28)40-5)23-11-9-12-25(19-23)31(37)33(3)4;1-28(2)26(29)23-11-5-10-21(16-23)22-12-13-24(32-3)25(17-22)33(30,31)18-20-8-4-7-19(15-20)9-6-14-27/h6-15,18-20H,1-2,16-17,21H2,3-5H3,(H,32,35);4-5,7-8,10-13,15-17H,6,9,14,18,27H2,1-3H3.